The number of hydrogen-bond acceptors (Lipinski definition) is 4. The minimum atomic E-state index is -1.02. The molecule has 0 aromatic heterocycles. The van der Waals surface area contributed by atoms with Crippen molar-refractivity contribution in [1.29, 1.82) is 0 Å². The first-order chi connectivity index (χ1) is 13.5. The minimum absolute atomic E-state index is 0.185. The maximum atomic E-state index is 12.8. The number of hydroxylamine groups is 2. The van der Waals surface area contributed by atoms with E-state index in [2.05, 4.69) is 5.32 Å². The Morgan fingerprint density at radius 1 is 0.964 bits per heavy atom. The van der Waals surface area contributed by atoms with E-state index in [9.17, 15) is 24.7 Å². The standard InChI is InChI=1S/C21H24N2O5/c24-15-23(28)14-18(11-16-7-3-1-4-8-16)21(27)22-19(13-20(25)26)12-17-9-5-2-6-10-17/h1-10,15,18-19,28H,11-14H2,(H,22,27)(H,25,26)/t18-,19+/m1/s1. The first kappa shape index (κ1) is 21.1. The van der Waals surface area contributed by atoms with Gasteiger partial charge in [-0.25, -0.2) is 5.06 Å². The fourth-order valence-corrected chi connectivity index (χ4v) is 3.01. The fourth-order valence-electron chi connectivity index (χ4n) is 3.01. The normalized spacial score (nSPS) is 12.6. The third kappa shape index (κ3) is 7.20. The summed E-state index contributed by atoms with van der Waals surface area (Å²) in [4.78, 5) is 34.8. The van der Waals surface area contributed by atoms with Crippen LogP contribution in [-0.2, 0) is 27.2 Å². The average molecular weight is 384 g/mol. The van der Waals surface area contributed by atoms with Gasteiger partial charge in [-0.15, -0.1) is 0 Å². The van der Waals surface area contributed by atoms with Gasteiger partial charge in [0.25, 0.3) is 0 Å². The first-order valence-corrected chi connectivity index (χ1v) is 8.98. The van der Waals surface area contributed by atoms with Gasteiger partial charge < -0.3 is 10.4 Å². The fraction of sp³-hybridized carbons (Fsp3) is 0.286. The molecule has 7 nitrogen and oxygen atoms in total. The highest BCUT2D eigenvalue weighted by atomic mass is 16.5. The van der Waals surface area contributed by atoms with Crippen LogP contribution in [0.2, 0.25) is 0 Å². The van der Waals surface area contributed by atoms with E-state index in [0.29, 0.717) is 17.9 Å². The van der Waals surface area contributed by atoms with Crippen LogP contribution in [0.25, 0.3) is 0 Å². The van der Waals surface area contributed by atoms with Crippen molar-refractivity contribution in [2.24, 2.45) is 5.92 Å². The van der Waals surface area contributed by atoms with E-state index >= 15 is 0 Å². The maximum Gasteiger partial charge on any atom is 0.305 e. The molecule has 0 bridgehead atoms. The van der Waals surface area contributed by atoms with Gasteiger partial charge >= 0.3 is 5.97 Å². The van der Waals surface area contributed by atoms with Crippen LogP contribution in [-0.4, -0.2) is 46.3 Å². The summed E-state index contributed by atoms with van der Waals surface area (Å²) < 4.78 is 0. The van der Waals surface area contributed by atoms with E-state index in [-0.39, 0.29) is 19.4 Å². The molecule has 0 saturated carbocycles. The Labute approximate surface area is 163 Å². The van der Waals surface area contributed by atoms with Gasteiger partial charge in [-0.3, -0.25) is 19.6 Å². The summed E-state index contributed by atoms with van der Waals surface area (Å²) in [7, 11) is 0. The number of aliphatic carboxylic acids is 1. The van der Waals surface area contributed by atoms with Crippen molar-refractivity contribution in [3.05, 3.63) is 71.8 Å². The highest BCUT2D eigenvalue weighted by Gasteiger charge is 2.25. The predicted molar refractivity (Wildman–Crippen MR) is 103 cm³/mol. The van der Waals surface area contributed by atoms with Crippen molar-refractivity contribution in [1.82, 2.24) is 10.4 Å². The van der Waals surface area contributed by atoms with E-state index in [4.69, 9.17) is 0 Å². The number of benzene rings is 2. The Morgan fingerprint density at radius 2 is 1.50 bits per heavy atom. The smallest absolute Gasteiger partial charge is 0.305 e. The lowest BCUT2D eigenvalue weighted by Crippen LogP contribution is -2.45. The van der Waals surface area contributed by atoms with E-state index in [1.54, 1.807) is 0 Å². The zero-order valence-electron chi connectivity index (χ0n) is 15.4. The van der Waals surface area contributed by atoms with Crippen molar-refractivity contribution in [3.63, 3.8) is 0 Å². The Bertz CT molecular complexity index is 767. The number of carbonyl (C=O) groups is 3. The average Bonchev–Trinajstić information content (AvgIpc) is 2.68. The highest BCUT2D eigenvalue weighted by molar-refractivity contribution is 5.80. The van der Waals surface area contributed by atoms with Crippen molar-refractivity contribution in [3.8, 4) is 0 Å². The molecule has 2 amide bonds. The summed E-state index contributed by atoms with van der Waals surface area (Å²) in [6, 6.07) is 17.9. The van der Waals surface area contributed by atoms with Crippen molar-refractivity contribution < 1.29 is 24.7 Å². The molecule has 2 rings (SSSR count). The molecule has 7 heteroatoms. The molecule has 0 aliphatic carbocycles. The number of amides is 2. The largest absolute Gasteiger partial charge is 0.481 e. The molecule has 0 unspecified atom stereocenters. The van der Waals surface area contributed by atoms with Gasteiger partial charge in [0.2, 0.25) is 12.3 Å². The quantitative estimate of drug-likeness (QED) is 0.312. The third-order valence-corrected chi connectivity index (χ3v) is 4.32. The summed E-state index contributed by atoms with van der Waals surface area (Å²) in [6.45, 7) is -0.185. The summed E-state index contributed by atoms with van der Waals surface area (Å²) in [6.07, 6.45) is 0.690. The molecular weight excluding hydrogens is 360 g/mol. The van der Waals surface area contributed by atoms with Crippen LogP contribution < -0.4 is 5.32 Å². The van der Waals surface area contributed by atoms with Gasteiger partial charge in [-0.2, -0.15) is 0 Å². The highest BCUT2D eigenvalue weighted by Crippen LogP contribution is 2.12. The molecule has 0 fully saturated rings. The third-order valence-electron chi connectivity index (χ3n) is 4.32. The van der Waals surface area contributed by atoms with Crippen LogP contribution in [0.3, 0.4) is 0 Å². The van der Waals surface area contributed by atoms with Gasteiger partial charge in [-0.05, 0) is 24.0 Å². The number of rotatable bonds is 11. The SMILES string of the molecule is O=CN(O)C[C@@H](Cc1ccccc1)C(=O)N[C@H](CC(=O)O)Cc1ccccc1. The summed E-state index contributed by atoms with van der Waals surface area (Å²) in [5.41, 5.74) is 1.78. The monoisotopic (exact) mass is 384 g/mol. The Hall–Kier alpha value is -3.19. The zero-order valence-corrected chi connectivity index (χ0v) is 15.4. The molecule has 148 valence electrons. The van der Waals surface area contributed by atoms with Crippen LogP contribution >= 0.6 is 0 Å². The van der Waals surface area contributed by atoms with Crippen molar-refractivity contribution in [2.45, 2.75) is 25.3 Å². The van der Waals surface area contributed by atoms with Gasteiger partial charge in [0, 0.05) is 6.04 Å². The van der Waals surface area contributed by atoms with E-state index in [1.807, 2.05) is 60.7 Å². The van der Waals surface area contributed by atoms with Crippen LogP contribution in [0, 0.1) is 5.92 Å². The lowest BCUT2D eigenvalue weighted by atomic mass is 9.96. The van der Waals surface area contributed by atoms with Crippen LogP contribution in [0.5, 0.6) is 0 Å². The Balaban J connectivity index is 2.12. The molecular formula is C21H24N2O5. The molecule has 0 saturated heterocycles. The summed E-state index contributed by atoms with van der Waals surface area (Å²) >= 11 is 0. The molecule has 0 aliphatic heterocycles. The molecule has 0 spiro atoms. The molecule has 2 aromatic rings. The number of carbonyl (C=O) groups excluding carboxylic acids is 2. The van der Waals surface area contributed by atoms with E-state index in [1.165, 1.54) is 0 Å². The molecule has 28 heavy (non-hydrogen) atoms. The first-order valence-electron chi connectivity index (χ1n) is 8.98. The second-order valence-electron chi connectivity index (χ2n) is 6.61. The molecule has 0 heterocycles. The predicted octanol–water partition coefficient (Wildman–Crippen LogP) is 1.90. The molecule has 0 aliphatic rings. The lowest BCUT2D eigenvalue weighted by molar-refractivity contribution is -0.154. The van der Waals surface area contributed by atoms with Gasteiger partial charge in [0.15, 0.2) is 0 Å². The zero-order chi connectivity index (χ0) is 20.4. The van der Waals surface area contributed by atoms with E-state index < -0.39 is 23.8 Å². The van der Waals surface area contributed by atoms with E-state index in [0.717, 1.165) is 11.1 Å². The molecule has 0 radical (unpaired) electrons. The maximum absolute atomic E-state index is 12.8. The van der Waals surface area contributed by atoms with Crippen LogP contribution in [0.1, 0.15) is 17.5 Å². The number of hydrogen-bond donors (Lipinski definition) is 3. The summed E-state index contributed by atoms with van der Waals surface area (Å²) in [5, 5.41) is 21.9. The van der Waals surface area contributed by atoms with Gasteiger partial charge in [-0.1, -0.05) is 60.7 Å². The molecule has 2 atom stereocenters. The number of nitrogens with one attached hydrogen (secondary N) is 1. The topological polar surface area (TPSA) is 107 Å². The summed E-state index contributed by atoms with van der Waals surface area (Å²) in [5.74, 6) is -2.14. The number of nitrogens with zero attached hydrogens (tertiary/aromatic N) is 1. The van der Waals surface area contributed by atoms with Crippen molar-refractivity contribution >= 4 is 18.3 Å². The lowest BCUT2D eigenvalue weighted by Gasteiger charge is -2.23. The van der Waals surface area contributed by atoms with Gasteiger partial charge in [0.05, 0.1) is 18.9 Å². The second-order valence-corrected chi connectivity index (χ2v) is 6.61. The Kier molecular flexibility index (Phi) is 8.17. The number of carboxylic acids is 1. The molecule has 2 aromatic carbocycles. The minimum Gasteiger partial charge on any atom is -0.481 e. The van der Waals surface area contributed by atoms with Gasteiger partial charge in [0.1, 0.15) is 0 Å². The van der Waals surface area contributed by atoms with Crippen LogP contribution in [0.4, 0.5) is 0 Å². The number of carboxylic acid groups (broad SMARTS) is 1. The molecule has 3 N–H and O–H groups in total. The Morgan fingerprint density at radius 3 is 2.00 bits per heavy atom. The van der Waals surface area contributed by atoms with Crippen molar-refractivity contribution in [2.75, 3.05) is 6.54 Å². The van der Waals surface area contributed by atoms with Crippen LogP contribution in [0.15, 0.2) is 60.7 Å². The second kappa shape index (κ2) is 10.8.